The van der Waals surface area contributed by atoms with Crippen LogP contribution in [0, 0.1) is 5.41 Å². The van der Waals surface area contributed by atoms with E-state index >= 15 is 0 Å². The first-order valence-electron chi connectivity index (χ1n) is 13.3. The fourth-order valence-electron chi connectivity index (χ4n) is 5.09. The zero-order valence-electron chi connectivity index (χ0n) is 22.1. The molecule has 0 unspecified atom stereocenters. The van der Waals surface area contributed by atoms with E-state index < -0.39 is 5.60 Å². The Morgan fingerprint density at radius 2 is 1.92 bits per heavy atom. The molecule has 2 fully saturated rings. The van der Waals surface area contributed by atoms with E-state index in [1.165, 1.54) is 37.0 Å². The molecule has 0 aromatic carbocycles. The van der Waals surface area contributed by atoms with Crippen molar-refractivity contribution in [1.82, 2.24) is 29.8 Å². The molecule has 1 amide bonds. The summed E-state index contributed by atoms with van der Waals surface area (Å²) >= 11 is 1.47. The third kappa shape index (κ3) is 5.72. The molecule has 1 aliphatic heterocycles. The largest absolute Gasteiger partial charge is 0.460 e. The second-order valence-electron chi connectivity index (χ2n) is 11.5. The molecule has 0 bridgehead atoms. The highest BCUT2D eigenvalue weighted by molar-refractivity contribution is 7.18. The van der Waals surface area contributed by atoms with Gasteiger partial charge in [0.15, 0.2) is 5.13 Å². The van der Waals surface area contributed by atoms with Crippen LogP contribution in [0.5, 0.6) is 6.01 Å². The minimum absolute atomic E-state index is 0.201. The molecule has 3 aromatic heterocycles. The summed E-state index contributed by atoms with van der Waals surface area (Å²) in [5.74, 6) is 0.479. The molecule has 0 radical (unpaired) electrons. The Morgan fingerprint density at radius 1 is 1.11 bits per heavy atom. The van der Waals surface area contributed by atoms with Gasteiger partial charge in [-0.3, -0.25) is 0 Å². The molecule has 3 aromatic rings. The van der Waals surface area contributed by atoms with E-state index in [-0.39, 0.29) is 12.2 Å². The first-order valence-corrected chi connectivity index (χ1v) is 14.1. The molecular formula is C27H33N7O3S. The molecule has 0 atom stereocenters. The van der Waals surface area contributed by atoms with Gasteiger partial charge in [-0.05, 0) is 70.8 Å². The number of fused-ring (bicyclic) bond motifs is 1. The van der Waals surface area contributed by atoms with Gasteiger partial charge in [0.25, 0.3) is 0 Å². The van der Waals surface area contributed by atoms with E-state index in [0.717, 1.165) is 34.7 Å². The van der Waals surface area contributed by atoms with Crippen LogP contribution in [0.3, 0.4) is 0 Å². The number of hydrogen-bond acceptors (Lipinski definition) is 10. The van der Waals surface area contributed by atoms with Gasteiger partial charge in [0.1, 0.15) is 11.7 Å². The standard InChI is InChI=1S/C27H33N7O3S/c1-26(2,3)37-25(35)34-13-7-19-17(16-34)14-29-22(31-19)33-24-30-15-21(38-24)20-6-12-28-23(32-20)36-18-4-8-27(9-5-18)10-11-27/h6,12,14-15,18H,4-5,7-11,13,16H2,1-3H3,(H,29,30,31,33). The maximum absolute atomic E-state index is 12.4. The van der Waals surface area contributed by atoms with Gasteiger partial charge in [-0.2, -0.15) is 4.98 Å². The molecule has 2 saturated carbocycles. The Morgan fingerprint density at radius 3 is 2.68 bits per heavy atom. The number of nitrogens with one attached hydrogen (secondary N) is 1. The number of thiazole rings is 1. The fraction of sp³-hybridized carbons (Fsp3) is 0.556. The number of anilines is 2. The van der Waals surface area contributed by atoms with Crippen molar-refractivity contribution < 1.29 is 14.3 Å². The highest BCUT2D eigenvalue weighted by Gasteiger charge is 2.45. The van der Waals surface area contributed by atoms with Crippen molar-refractivity contribution in [3.8, 4) is 16.6 Å². The predicted octanol–water partition coefficient (Wildman–Crippen LogP) is 5.53. The number of nitrogens with zero attached hydrogens (tertiary/aromatic N) is 6. The van der Waals surface area contributed by atoms with Gasteiger partial charge in [0, 0.05) is 37.1 Å². The second kappa shape index (κ2) is 9.76. The van der Waals surface area contributed by atoms with Gasteiger partial charge in [0.2, 0.25) is 5.95 Å². The Hall–Kier alpha value is -3.34. The van der Waals surface area contributed by atoms with Gasteiger partial charge < -0.3 is 19.7 Å². The molecule has 10 nitrogen and oxygen atoms in total. The number of amides is 1. The van der Waals surface area contributed by atoms with Crippen LogP contribution in [-0.2, 0) is 17.7 Å². The van der Waals surface area contributed by atoms with E-state index in [1.54, 1.807) is 23.5 Å². The van der Waals surface area contributed by atoms with Crippen molar-refractivity contribution in [1.29, 1.82) is 0 Å². The molecule has 38 heavy (non-hydrogen) atoms. The molecule has 1 spiro atoms. The minimum Gasteiger partial charge on any atom is -0.460 e. The summed E-state index contributed by atoms with van der Waals surface area (Å²) < 4.78 is 11.6. The number of hydrogen-bond donors (Lipinski definition) is 1. The summed E-state index contributed by atoms with van der Waals surface area (Å²) in [6, 6.07) is 2.30. The van der Waals surface area contributed by atoms with Crippen LogP contribution >= 0.6 is 11.3 Å². The van der Waals surface area contributed by atoms with E-state index in [4.69, 9.17) is 9.47 Å². The van der Waals surface area contributed by atoms with Crippen LogP contribution in [0.25, 0.3) is 10.6 Å². The van der Waals surface area contributed by atoms with E-state index in [9.17, 15) is 4.79 Å². The van der Waals surface area contributed by atoms with Gasteiger partial charge in [0.05, 0.1) is 22.8 Å². The summed E-state index contributed by atoms with van der Waals surface area (Å²) in [7, 11) is 0. The topological polar surface area (TPSA) is 115 Å². The number of carbonyl (C=O) groups excluding carboxylic acids is 1. The highest BCUT2D eigenvalue weighted by atomic mass is 32.1. The smallest absolute Gasteiger partial charge is 0.410 e. The maximum Gasteiger partial charge on any atom is 0.410 e. The Kier molecular flexibility index (Phi) is 6.41. The van der Waals surface area contributed by atoms with Crippen molar-refractivity contribution in [2.75, 3.05) is 11.9 Å². The summed E-state index contributed by atoms with van der Waals surface area (Å²) in [6.07, 6.45) is 13.3. The van der Waals surface area contributed by atoms with Crippen molar-refractivity contribution in [3.63, 3.8) is 0 Å². The minimum atomic E-state index is -0.524. The Balaban J connectivity index is 1.07. The Bertz CT molecular complexity index is 1320. The molecule has 4 heterocycles. The van der Waals surface area contributed by atoms with E-state index in [2.05, 4.69) is 30.2 Å². The molecule has 200 valence electrons. The lowest BCUT2D eigenvalue weighted by molar-refractivity contribution is 0.0222. The lowest BCUT2D eigenvalue weighted by Crippen LogP contribution is -2.40. The van der Waals surface area contributed by atoms with Crippen LogP contribution < -0.4 is 10.1 Å². The lowest BCUT2D eigenvalue weighted by Gasteiger charge is -2.30. The summed E-state index contributed by atoms with van der Waals surface area (Å²) in [5, 5.41) is 3.88. The zero-order valence-corrected chi connectivity index (χ0v) is 22.9. The quantitative estimate of drug-likeness (QED) is 0.450. The van der Waals surface area contributed by atoms with Crippen molar-refractivity contribution in [3.05, 3.63) is 35.9 Å². The van der Waals surface area contributed by atoms with Gasteiger partial charge in [-0.15, -0.1) is 0 Å². The molecule has 0 saturated heterocycles. The number of aromatic nitrogens is 5. The Labute approximate surface area is 226 Å². The summed E-state index contributed by atoms with van der Waals surface area (Å²) in [5.41, 5.74) is 2.74. The van der Waals surface area contributed by atoms with Crippen LogP contribution in [0.2, 0.25) is 0 Å². The zero-order chi connectivity index (χ0) is 26.3. The average Bonchev–Trinajstić information content (AvgIpc) is 3.48. The van der Waals surface area contributed by atoms with Gasteiger partial charge in [-0.1, -0.05) is 11.3 Å². The summed E-state index contributed by atoms with van der Waals surface area (Å²) in [6.45, 7) is 6.59. The van der Waals surface area contributed by atoms with Crippen LogP contribution in [-0.4, -0.2) is 54.2 Å². The molecular weight excluding hydrogens is 502 g/mol. The molecule has 11 heteroatoms. The number of ether oxygens (including phenoxy) is 2. The third-order valence-corrected chi connectivity index (χ3v) is 8.35. The molecule has 3 aliphatic rings. The van der Waals surface area contributed by atoms with E-state index in [0.29, 0.717) is 42.0 Å². The monoisotopic (exact) mass is 535 g/mol. The van der Waals surface area contributed by atoms with Gasteiger partial charge in [-0.25, -0.2) is 24.7 Å². The summed E-state index contributed by atoms with van der Waals surface area (Å²) in [4.78, 5) is 37.6. The fourth-order valence-corrected chi connectivity index (χ4v) is 5.87. The third-order valence-electron chi connectivity index (χ3n) is 7.42. The first-order chi connectivity index (χ1) is 18.2. The van der Waals surface area contributed by atoms with Gasteiger partial charge >= 0.3 is 12.1 Å². The van der Waals surface area contributed by atoms with E-state index in [1.807, 2.05) is 26.8 Å². The second-order valence-corrected chi connectivity index (χ2v) is 12.5. The first kappa shape index (κ1) is 25.0. The van der Waals surface area contributed by atoms with Crippen molar-refractivity contribution in [2.24, 2.45) is 5.41 Å². The predicted molar refractivity (Wildman–Crippen MR) is 143 cm³/mol. The van der Waals surface area contributed by atoms with Crippen molar-refractivity contribution in [2.45, 2.75) is 84.0 Å². The lowest BCUT2D eigenvalue weighted by atomic mass is 9.85. The molecule has 1 N–H and O–H groups in total. The van der Waals surface area contributed by atoms with Crippen LogP contribution in [0.4, 0.5) is 15.9 Å². The SMILES string of the molecule is CC(C)(C)OC(=O)N1CCc2nc(Nc3ncc(-c4ccnc(OC5CCC6(CC5)CC6)n4)s3)ncc2C1. The van der Waals surface area contributed by atoms with Crippen LogP contribution in [0.1, 0.15) is 70.6 Å². The maximum atomic E-state index is 12.4. The number of carbonyl (C=O) groups is 1. The van der Waals surface area contributed by atoms with Crippen molar-refractivity contribution >= 4 is 28.5 Å². The molecule has 2 aliphatic carbocycles. The normalized spacial score (nSPS) is 18.7. The number of rotatable bonds is 5. The highest BCUT2D eigenvalue weighted by Crippen LogP contribution is 2.56. The average molecular weight is 536 g/mol. The van der Waals surface area contributed by atoms with Crippen LogP contribution in [0.15, 0.2) is 24.7 Å². The molecule has 6 rings (SSSR count).